The maximum absolute atomic E-state index is 13.0. The van der Waals surface area contributed by atoms with E-state index in [1.807, 2.05) is 17.0 Å². The number of ether oxygens (including phenoxy) is 1. The second-order valence-electron chi connectivity index (χ2n) is 6.20. The molecule has 24 heavy (non-hydrogen) atoms. The maximum atomic E-state index is 13.0. The predicted octanol–water partition coefficient (Wildman–Crippen LogP) is 2.70. The van der Waals surface area contributed by atoms with Crippen LogP contribution in [-0.4, -0.2) is 27.6 Å². The number of hydrogen-bond donors (Lipinski definition) is 0. The first-order valence-electron chi connectivity index (χ1n) is 8.21. The minimum atomic E-state index is -0.239. The van der Waals surface area contributed by atoms with E-state index < -0.39 is 0 Å². The molecule has 0 N–H and O–H groups in total. The molecule has 2 aliphatic heterocycles. The number of aryl methyl sites for hydroxylation is 1. The van der Waals surface area contributed by atoms with Crippen molar-refractivity contribution in [2.45, 2.75) is 38.8 Å². The van der Waals surface area contributed by atoms with E-state index in [-0.39, 0.29) is 11.9 Å². The van der Waals surface area contributed by atoms with E-state index in [4.69, 9.17) is 9.15 Å². The van der Waals surface area contributed by atoms with Crippen LogP contribution in [0.1, 0.15) is 41.8 Å². The molecular formula is C18H19N3O3. The molecule has 0 fully saturated rings. The van der Waals surface area contributed by atoms with Crippen LogP contribution in [0.4, 0.5) is 0 Å². The van der Waals surface area contributed by atoms with Crippen molar-refractivity contribution in [3.63, 3.8) is 0 Å². The summed E-state index contributed by atoms with van der Waals surface area (Å²) >= 11 is 0. The third-order valence-corrected chi connectivity index (χ3v) is 4.54. The van der Waals surface area contributed by atoms with Gasteiger partial charge in [0.15, 0.2) is 0 Å². The maximum Gasteiger partial charge on any atom is 0.253 e. The number of carbonyl (C=O) groups is 1. The van der Waals surface area contributed by atoms with Crippen molar-refractivity contribution >= 4 is 5.91 Å². The van der Waals surface area contributed by atoms with Crippen LogP contribution in [0.25, 0.3) is 0 Å². The molecule has 0 bridgehead atoms. The molecule has 0 aliphatic carbocycles. The van der Waals surface area contributed by atoms with Crippen molar-refractivity contribution in [3.8, 4) is 0 Å². The monoisotopic (exact) mass is 325 g/mol. The Kier molecular flexibility index (Phi) is 3.80. The highest BCUT2D eigenvalue weighted by Crippen LogP contribution is 2.34. The average molecular weight is 325 g/mol. The van der Waals surface area contributed by atoms with E-state index in [1.165, 1.54) is 5.56 Å². The summed E-state index contributed by atoms with van der Waals surface area (Å²) in [6.45, 7) is 2.97. The Bertz CT molecular complexity index is 796. The first-order valence-corrected chi connectivity index (χ1v) is 8.21. The minimum Gasteiger partial charge on any atom is -0.501 e. The standard InChI is InChI=1S/C18H19N3O3/c1-12-19-20-17(24-12)16-9-13-5-2-3-6-14(13)10-21(16)18(22)15-7-4-8-23-11-15/h2-3,5-6,11,16H,4,7-10H2,1H3. The fourth-order valence-corrected chi connectivity index (χ4v) is 3.31. The molecule has 1 unspecified atom stereocenters. The highest BCUT2D eigenvalue weighted by molar-refractivity contribution is 5.93. The van der Waals surface area contributed by atoms with Crippen LogP contribution in [0.15, 0.2) is 40.5 Å². The molecular weight excluding hydrogens is 306 g/mol. The van der Waals surface area contributed by atoms with Crippen LogP contribution in [0.3, 0.4) is 0 Å². The van der Waals surface area contributed by atoms with Gasteiger partial charge >= 0.3 is 0 Å². The van der Waals surface area contributed by atoms with Crippen molar-refractivity contribution in [2.75, 3.05) is 6.61 Å². The number of benzene rings is 1. The predicted molar refractivity (Wildman–Crippen MR) is 85.7 cm³/mol. The zero-order valence-corrected chi connectivity index (χ0v) is 13.6. The Labute approximate surface area is 140 Å². The molecule has 1 amide bonds. The van der Waals surface area contributed by atoms with Gasteiger partial charge in [0.1, 0.15) is 6.04 Å². The average Bonchev–Trinajstić information content (AvgIpc) is 3.07. The van der Waals surface area contributed by atoms with Gasteiger partial charge in [-0.2, -0.15) is 0 Å². The van der Waals surface area contributed by atoms with Gasteiger partial charge in [0.05, 0.1) is 18.4 Å². The van der Waals surface area contributed by atoms with Gasteiger partial charge in [-0.15, -0.1) is 10.2 Å². The lowest BCUT2D eigenvalue weighted by Gasteiger charge is -2.35. The summed E-state index contributed by atoms with van der Waals surface area (Å²) in [7, 11) is 0. The number of amides is 1. The van der Waals surface area contributed by atoms with E-state index in [0.717, 1.165) is 18.4 Å². The second kappa shape index (κ2) is 6.11. The lowest BCUT2D eigenvalue weighted by Crippen LogP contribution is -2.40. The van der Waals surface area contributed by atoms with Gasteiger partial charge in [0.2, 0.25) is 11.8 Å². The number of hydrogen-bond acceptors (Lipinski definition) is 5. The Morgan fingerprint density at radius 3 is 2.79 bits per heavy atom. The SMILES string of the molecule is Cc1nnc(C2Cc3ccccc3CN2C(=O)C2=COCCC2)o1. The largest absolute Gasteiger partial charge is 0.501 e. The smallest absolute Gasteiger partial charge is 0.253 e. The highest BCUT2D eigenvalue weighted by Gasteiger charge is 2.35. The minimum absolute atomic E-state index is 0.00921. The van der Waals surface area contributed by atoms with Crippen LogP contribution in [-0.2, 0) is 22.5 Å². The molecule has 6 nitrogen and oxygen atoms in total. The number of fused-ring (bicyclic) bond motifs is 1. The Hall–Kier alpha value is -2.63. The van der Waals surface area contributed by atoms with Crippen LogP contribution in [0.5, 0.6) is 0 Å². The first kappa shape index (κ1) is 14.9. The zero-order chi connectivity index (χ0) is 16.5. The van der Waals surface area contributed by atoms with Gasteiger partial charge in [0.25, 0.3) is 5.91 Å². The molecule has 1 atom stereocenters. The fourth-order valence-electron chi connectivity index (χ4n) is 3.31. The van der Waals surface area contributed by atoms with Crippen molar-refractivity contribution in [1.29, 1.82) is 0 Å². The van der Waals surface area contributed by atoms with Crippen molar-refractivity contribution < 1.29 is 13.9 Å². The highest BCUT2D eigenvalue weighted by atomic mass is 16.5. The molecule has 0 saturated carbocycles. The van der Waals surface area contributed by atoms with E-state index in [2.05, 4.69) is 22.3 Å². The van der Waals surface area contributed by atoms with Gasteiger partial charge in [0, 0.05) is 19.9 Å². The molecule has 0 spiro atoms. The van der Waals surface area contributed by atoms with Crippen LogP contribution in [0, 0.1) is 6.92 Å². The molecule has 1 aromatic carbocycles. The number of rotatable bonds is 2. The third kappa shape index (κ3) is 2.68. The van der Waals surface area contributed by atoms with Crippen molar-refractivity contribution in [1.82, 2.24) is 15.1 Å². The molecule has 0 radical (unpaired) electrons. The third-order valence-electron chi connectivity index (χ3n) is 4.54. The number of carbonyl (C=O) groups excluding carboxylic acids is 1. The summed E-state index contributed by atoms with van der Waals surface area (Å²) < 4.78 is 11.0. The van der Waals surface area contributed by atoms with E-state index in [0.29, 0.717) is 36.9 Å². The number of nitrogens with zero attached hydrogens (tertiary/aromatic N) is 3. The first-order chi connectivity index (χ1) is 11.7. The Morgan fingerprint density at radius 1 is 1.25 bits per heavy atom. The summed E-state index contributed by atoms with van der Waals surface area (Å²) in [6, 6.07) is 7.94. The molecule has 0 saturated heterocycles. The molecule has 1 aromatic heterocycles. The zero-order valence-electron chi connectivity index (χ0n) is 13.6. The molecule has 2 aliphatic rings. The summed E-state index contributed by atoms with van der Waals surface area (Å²) in [5.41, 5.74) is 3.09. The quantitative estimate of drug-likeness (QED) is 0.849. The lowest BCUT2D eigenvalue weighted by molar-refractivity contribution is -0.131. The van der Waals surface area contributed by atoms with Gasteiger partial charge in [-0.1, -0.05) is 24.3 Å². The van der Waals surface area contributed by atoms with Gasteiger partial charge in [-0.3, -0.25) is 4.79 Å². The Morgan fingerprint density at radius 2 is 2.08 bits per heavy atom. The van der Waals surface area contributed by atoms with Crippen LogP contribution < -0.4 is 0 Å². The summed E-state index contributed by atoms with van der Waals surface area (Å²) in [4.78, 5) is 14.9. The van der Waals surface area contributed by atoms with E-state index in [9.17, 15) is 4.79 Å². The van der Waals surface area contributed by atoms with Gasteiger partial charge < -0.3 is 14.1 Å². The number of aromatic nitrogens is 2. The van der Waals surface area contributed by atoms with Gasteiger partial charge in [-0.25, -0.2) is 0 Å². The van der Waals surface area contributed by atoms with Crippen LogP contribution >= 0.6 is 0 Å². The second-order valence-corrected chi connectivity index (χ2v) is 6.20. The summed E-state index contributed by atoms with van der Waals surface area (Å²) in [6.07, 6.45) is 3.89. The van der Waals surface area contributed by atoms with E-state index >= 15 is 0 Å². The molecule has 124 valence electrons. The fraction of sp³-hybridized carbons (Fsp3) is 0.389. The van der Waals surface area contributed by atoms with E-state index in [1.54, 1.807) is 13.2 Å². The molecule has 2 aromatic rings. The van der Waals surface area contributed by atoms with Crippen LogP contribution in [0.2, 0.25) is 0 Å². The molecule has 4 rings (SSSR count). The van der Waals surface area contributed by atoms with Gasteiger partial charge in [-0.05, 0) is 24.0 Å². The lowest BCUT2D eigenvalue weighted by atomic mass is 9.93. The van der Waals surface area contributed by atoms with Crippen molar-refractivity contribution in [2.24, 2.45) is 0 Å². The Balaban J connectivity index is 1.71. The molecule has 3 heterocycles. The van der Waals surface area contributed by atoms with Crippen molar-refractivity contribution in [3.05, 3.63) is 59.0 Å². The summed E-state index contributed by atoms with van der Waals surface area (Å²) in [5, 5.41) is 8.09. The summed E-state index contributed by atoms with van der Waals surface area (Å²) in [5.74, 6) is 0.995. The molecule has 6 heteroatoms. The normalized spacial score (nSPS) is 20.1. The topological polar surface area (TPSA) is 68.5 Å².